The van der Waals surface area contributed by atoms with E-state index in [1.54, 1.807) is 11.0 Å². The Morgan fingerprint density at radius 1 is 1.41 bits per heavy atom. The first kappa shape index (κ1) is 15.0. The van der Waals surface area contributed by atoms with Crippen molar-refractivity contribution in [3.05, 3.63) is 23.8 Å². The summed E-state index contributed by atoms with van der Waals surface area (Å²) < 4.78 is 11.3. The highest BCUT2D eigenvalue weighted by Crippen LogP contribution is 2.44. The van der Waals surface area contributed by atoms with Crippen LogP contribution in [0.3, 0.4) is 0 Å². The highest BCUT2D eigenvalue weighted by Gasteiger charge is 2.52. The number of ether oxygens (including phenoxy) is 2. The van der Waals surface area contributed by atoms with Crippen molar-refractivity contribution in [3.8, 4) is 11.5 Å². The molecule has 1 aromatic carbocycles. The van der Waals surface area contributed by atoms with Crippen LogP contribution < -0.4 is 4.74 Å². The summed E-state index contributed by atoms with van der Waals surface area (Å²) in [6, 6.07) is 4.68. The van der Waals surface area contributed by atoms with Gasteiger partial charge >= 0.3 is 6.09 Å². The number of likely N-dealkylation sites (tertiary alicyclic amines) is 1. The number of phenols is 1. The Hall–Kier alpha value is -1.95. The van der Waals surface area contributed by atoms with Crippen molar-refractivity contribution in [2.75, 3.05) is 13.1 Å². The van der Waals surface area contributed by atoms with Gasteiger partial charge in [-0.15, -0.1) is 0 Å². The molecule has 2 heterocycles. The molecule has 0 unspecified atom stereocenters. The van der Waals surface area contributed by atoms with E-state index < -0.39 is 17.3 Å². The summed E-state index contributed by atoms with van der Waals surface area (Å²) in [6.07, 6.45) is -0.688. The molecule has 0 aromatic heterocycles. The first-order valence-corrected chi connectivity index (χ1v) is 7.35. The normalized spacial score (nSPS) is 22.5. The van der Waals surface area contributed by atoms with E-state index >= 15 is 0 Å². The lowest BCUT2D eigenvalue weighted by molar-refractivity contribution is -0.114. The lowest BCUT2D eigenvalue weighted by atomic mass is 9.83. The van der Waals surface area contributed by atoms with E-state index in [0.717, 1.165) is 0 Å². The van der Waals surface area contributed by atoms with Crippen LogP contribution in [-0.2, 0) is 4.74 Å². The topological polar surface area (TPSA) is 79.2 Å². The molecule has 1 saturated heterocycles. The molecule has 6 nitrogen and oxygen atoms in total. The standard InChI is InChI=1S/C16H21NO5/c1-15(2,3)22-14(20)17-8-16(9-17)7-12(19)11-6-10(18)4-5-13(11)21-16/h4-6,12,18-19H,7-9H2,1-3H3/t12-/m0/s1. The number of benzene rings is 1. The fraction of sp³-hybridized carbons (Fsp3) is 0.562. The molecule has 2 aliphatic rings. The molecular weight excluding hydrogens is 286 g/mol. The van der Waals surface area contributed by atoms with E-state index in [2.05, 4.69) is 0 Å². The van der Waals surface area contributed by atoms with Gasteiger partial charge in [0.1, 0.15) is 22.7 Å². The Labute approximate surface area is 129 Å². The first-order chi connectivity index (χ1) is 10.2. The predicted octanol–water partition coefficient (Wildman–Crippen LogP) is 2.20. The van der Waals surface area contributed by atoms with Gasteiger partial charge in [0.15, 0.2) is 0 Å². The van der Waals surface area contributed by atoms with Gasteiger partial charge in [0.2, 0.25) is 0 Å². The number of nitrogens with zero attached hydrogens (tertiary/aromatic N) is 1. The van der Waals surface area contributed by atoms with Crippen LogP contribution in [-0.4, -0.2) is 45.5 Å². The number of aliphatic hydroxyl groups is 1. The third-order valence-corrected chi connectivity index (χ3v) is 3.85. The maximum atomic E-state index is 12.0. The number of phenolic OH excluding ortho intramolecular Hbond substituents is 1. The summed E-state index contributed by atoms with van der Waals surface area (Å²) in [5, 5.41) is 19.8. The minimum absolute atomic E-state index is 0.0985. The quantitative estimate of drug-likeness (QED) is 0.768. The second kappa shape index (κ2) is 4.78. The first-order valence-electron chi connectivity index (χ1n) is 7.35. The number of rotatable bonds is 0. The van der Waals surface area contributed by atoms with Gasteiger partial charge in [-0.05, 0) is 39.0 Å². The van der Waals surface area contributed by atoms with Crippen molar-refractivity contribution in [2.45, 2.75) is 44.5 Å². The predicted molar refractivity (Wildman–Crippen MR) is 78.8 cm³/mol. The van der Waals surface area contributed by atoms with Crippen molar-refractivity contribution in [1.82, 2.24) is 4.90 Å². The van der Waals surface area contributed by atoms with Crippen LogP contribution >= 0.6 is 0 Å². The lowest BCUT2D eigenvalue weighted by Gasteiger charge is -2.52. The average Bonchev–Trinajstić information content (AvgIpc) is 2.34. The molecule has 1 spiro atoms. The second-order valence-electron chi connectivity index (χ2n) is 7.06. The molecule has 1 amide bonds. The Bertz CT molecular complexity index is 601. The number of carbonyl (C=O) groups is 1. The fourth-order valence-corrected chi connectivity index (χ4v) is 2.93. The van der Waals surface area contributed by atoms with Gasteiger partial charge < -0.3 is 24.6 Å². The Balaban J connectivity index is 1.69. The molecule has 0 radical (unpaired) electrons. The highest BCUT2D eigenvalue weighted by molar-refractivity contribution is 5.70. The SMILES string of the molecule is CC(C)(C)OC(=O)N1CC2(C[C@H](O)c3cc(O)ccc3O2)C1. The minimum Gasteiger partial charge on any atom is -0.508 e. The zero-order chi connectivity index (χ0) is 16.1. The van der Waals surface area contributed by atoms with E-state index in [0.29, 0.717) is 30.8 Å². The summed E-state index contributed by atoms with van der Waals surface area (Å²) >= 11 is 0. The van der Waals surface area contributed by atoms with Crippen LogP contribution in [0.1, 0.15) is 38.9 Å². The van der Waals surface area contributed by atoms with Gasteiger partial charge in [0, 0.05) is 12.0 Å². The fourth-order valence-electron chi connectivity index (χ4n) is 2.93. The van der Waals surface area contributed by atoms with Gasteiger partial charge in [0.05, 0.1) is 19.2 Å². The third-order valence-electron chi connectivity index (χ3n) is 3.85. The number of amides is 1. The molecule has 1 aromatic rings. The van der Waals surface area contributed by atoms with Crippen LogP contribution in [0.2, 0.25) is 0 Å². The monoisotopic (exact) mass is 307 g/mol. The molecule has 120 valence electrons. The molecule has 0 saturated carbocycles. The van der Waals surface area contributed by atoms with Crippen molar-refractivity contribution in [3.63, 3.8) is 0 Å². The Kier molecular flexibility index (Phi) is 3.25. The molecule has 0 aliphatic carbocycles. The molecule has 6 heteroatoms. The van der Waals surface area contributed by atoms with Crippen molar-refractivity contribution < 1.29 is 24.5 Å². The van der Waals surface area contributed by atoms with Crippen LogP contribution in [0, 0.1) is 0 Å². The van der Waals surface area contributed by atoms with E-state index in [9.17, 15) is 15.0 Å². The smallest absolute Gasteiger partial charge is 0.410 e. The summed E-state index contributed by atoms with van der Waals surface area (Å²) in [6.45, 7) is 6.25. The summed E-state index contributed by atoms with van der Waals surface area (Å²) in [5.74, 6) is 0.654. The van der Waals surface area contributed by atoms with Crippen molar-refractivity contribution in [1.29, 1.82) is 0 Å². The maximum absolute atomic E-state index is 12.0. The molecule has 1 atom stereocenters. The number of hydrogen-bond acceptors (Lipinski definition) is 5. The van der Waals surface area contributed by atoms with E-state index in [4.69, 9.17) is 9.47 Å². The van der Waals surface area contributed by atoms with Gasteiger partial charge in [-0.25, -0.2) is 4.79 Å². The zero-order valence-electron chi connectivity index (χ0n) is 13.0. The number of carbonyl (C=O) groups excluding carboxylic acids is 1. The average molecular weight is 307 g/mol. The summed E-state index contributed by atoms with van der Waals surface area (Å²) in [4.78, 5) is 13.6. The summed E-state index contributed by atoms with van der Waals surface area (Å²) in [5.41, 5.74) is -0.515. The van der Waals surface area contributed by atoms with E-state index in [1.165, 1.54) is 12.1 Å². The molecule has 0 bridgehead atoms. The third kappa shape index (κ3) is 2.70. The van der Waals surface area contributed by atoms with Gasteiger partial charge in [-0.1, -0.05) is 0 Å². The van der Waals surface area contributed by atoms with Gasteiger partial charge in [-0.2, -0.15) is 0 Å². The lowest BCUT2D eigenvalue weighted by Crippen LogP contribution is -2.68. The molecular formula is C16H21NO5. The largest absolute Gasteiger partial charge is 0.508 e. The van der Waals surface area contributed by atoms with Gasteiger partial charge in [-0.3, -0.25) is 0 Å². The number of aliphatic hydroxyl groups excluding tert-OH is 1. The molecule has 22 heavy (non-hydrogen) atoms. The molecule has 3 rings (SSSR count). The van der Waals surface area contributed by atoms with Crippen molar-refractivity contribution in [2.24, 2.45) is 0 Å². The molecule has 2 aliphatic heterocycles. The van der Waals surface area contributed by atoms with Crippen LogP contribution in [0.15, 0.2) is 18.2 Å². The highest BCUT2D eigenvalue weighted by atomic mass is 16.6. The maximum Gasteiger partial charge on any atom is 0.410 e. The van der Waals surface area contributed by atoms with E-state index in [1.807, 2.05) is 20.8 Å². The van der Waals surface area contributed by atoms with Crippen LogP contribution in [0.25, 0.3) is 0 Å². The van der Waals surface area contributed by atoms with Crippen molar-refractivity contribution >= 4 is 6.09 Å². The summed E-state index contributed by atoms with van der Waals surface area (Å²) in [7, 11) is 0. The molecule has 2 N–H and O–H groups in total. The number of aromatic hydroxyl groups is 1. The van der Waals surface area contributed by atoms with Crippen LogP contribution in [0.4, 0.5) is 4.79 Å². The van der Waals surface area contributed by atoms with E-state index in [-0.39, 0.29) is 11.8 Å². The van der Waals surface area contributed by atoms with Gasteiger partial charge in [0.25, 0.3) is 0 Å². The minimum atomic E-state index is -0.711. The second-order valence-corrected chi connectivity index (χ2v) is 7.06. The number of fused-ring (bicyclic) bond motifs is 1. The Morgan fingerprint density at radius 3 is 2.73 bits per heavy atom. The Morgan fingerprint density at radius 2 is 2.09 bits per heavy atom. The molecule has 1 fully saturated rings. The van der Waals surface area contributed by atoms with Crippen LogP contribution in [0.5, 0.6) is 11.5 Å². The number of hydrogen-bond donors (Lipinski definition) is 2. The zero-order valence-corrected chi connectivity index (χ0v) is 13.0.